The van der Waals surface area contributed by atoms with Crippen LogP contribution in [0.25, 0.3) is 16.9 Å². The number of fused-ring (bicyclic) bond motifs is 1. The molecule has 2 heterocycles. The molecular formula is C25H26N4O3. The van der Waals surface area contributed by atoms with Crippen LogP contribution in [0.4, 0.5) is 5.69 Å². The number of benzene rings is 2. The minimum Gasteiger partial charge on any atom is -0.497 e. The molecule has 0 aliphatic rings. The van der Waals surface area contributed by atoms with Crippen LogP contribution >= 0.6 is 0 Å². The van der Waals surface area contributed by atoms with E-state index in [9.17, 15) is 4.79 Å². The van der Waals surface area contributed by atoms with Crippen molar-refractivity contribution in [3.05, 3.63) is 71.5 Å². The number of para-hydroxylation sites is 1. The highest BCUT2D eigenvalue weighted by molar-refractivity contribution is 5.90. The molecule has 164 valence electrons. The Morgan fingerprint density at radius 3 is 2.50 bits per heavy atom. The molecule has 4 aromatic rings. The fourth-order valence-electron chi connectivity index (χ4n) is 3.81. The third-order valence-electron chi connectivity index (χ3n) is 5.52. The Morgan fingerprint density at radius 2 is 1.78 bits per heavy atom. The molecule has 2 aromatic heterocycles. The van der Waals surface area contributed by atoms with Crippen LogP contribution in [0.15, 0.2) is 54.6 Å². The minimum absolute atomic E-state index is 0.0516. The van der Waals surface area contributed by atoms with E-state index < -0.39 is 0 Å². The van der Waals surface area contributed by atoms with Gasteiger partial charge in [-0.15, -0.1) is 0 Å². The van der Waals surface area contributed by atoms with Crippen LogP contribution in [-0.4, -0.2) is 34.7 Å². The number of rotatable bonds is 7. The number of carbonyl (C=O) groups is 1. The summed E-state index contributed by atoms with van der Waals surface area (Å²) in [5.41, 5.74) is 6.13. The van der Waals surface area contributed by atoms with Crippen LogP contribution in [0, 0.1) is 13.8 Å². The largest absolute Gasteiger partial charge is 0.497 e. The Bertz CT molecular complexity index is 1260. The zero-order valence-corrected chi connectivity index (χ0v) is 18.7. The van der Waals surface area contributed by atoms with Crippen LogP contribution in [0.5, 0.6) is 11.5 Å². The number of carbonyl (C=O) groups excluding carboxylic acids is 1. The van der Waals surface area contributed by atoms with Gasteiger partial charge in [0.25, 0.3) is 0 Å². The van der Waals surface area contributed by atoms with Crippen molar-refractivity contribution in [2.24, 2.45) is 0 Å². The number of nitrogens with zero attached hydrogens (tertiary/aromatic N) is 3. The Hall–Kier alpha value is -3.87. The second-order valence-corrected chi connectivity index (χ2v) is 7.54. The molecule has 0 aliphatic heterocycles. The number of nitrogens with one attached hydrogen (secondary N) is 1. The second-order valence-electron chi connectivity index (χ2n) is 7.54. The standard InChI is InChI=1S/C25H26N4O3/c1-16-20(13-14-25(30)27-18-9-11-19(31-3)12-10-18)17(2)29-24(26-16)15-22(28-29)21-7-5-6-8-23(21)32-4/h5-12,15H,13-14H2,1-4H3,(H,27,30). The molecule has 7 nitrogen and oxygen atoms in total. The van der Waals surface area contributed by atoms with Gasteiger partial charge in [0.2, 0.25) is 5.91 Å². The number of aromatic nitrogens is 3. The number of amides is 1. The van der Waals surface area contributed by atoms with Crippen molar-refractivity contribution in [2.75, 3.05) is 19.5 Å². The molecule has 1 amide bonds. The summed E-state index contributed by atoms with van der Waals surface area (Å²) in [4.78, 5) is 17.2. The first kappa shape index (κ1) is 21.4. The van der Waals surface area contributed by atoms with Crippen LogP contribution in [0.2, 0.25) is 0 Å². The molecule has 0 fully saturated rings. The van der Waals surface area contributed by atoms with Crippen molar-refractivity contribution in [3.63, 3.8) is 0 Å². The van der Waals surface area contributed by atoms with Gasteiger partial charge in [-0.25, -0.2) is 9.50 Å². The van der Waals surface area contributed by atoms with Crippen molar-refractivity contribution in [2.45, 2.75) is 26.7 Å². The zero-order valence-electron chi connectivity index (χ0n) is 18.7. The molecule has 0 bridgehead atoms. The molecule has 0 radical (unpaired) electrons. The monoisotopic (exact) mass is 430 g/mol. The van der Waals surface area contributed by atoms with E-state index in [-0.39, 0.29) is 5.91 Å². The van der Waals surface area contributed by atoms with Gasteiger partial charge in [-0.1, -0.05) is 12.1 Å². The van der Waals surface area contributed by atoms with E-state index in [1.165, 1.54) is 0 Å². The highest BCUT2D eigenvalue weighted by atomic mass is 16.5. The third-order valence-corrected chi connectivity index (χ3v) is 5.52. The van der Waals surface area contributed by atoms with E-state index in [1.54, 1.807) is 14.2 Å². The van der Waals surface area contributed by atoms with E-state index in [0.717, 1.165) is 51.0 Å². The number of ether oxygens (including phenoxy) is 2. The summed E-state index contributed by atoms with van der Waals surface area (Å²) in [7, 11) is 3.26. The lowest BCUT2D eigenvalue weighted by Crippen LogP contribution is -2.14. The predicted molar refractivity (Wildman–Crippen MR) is 124 cm³/mol. The maximum absolute atomic E-state index is 12.5. The van der Waals surface area contributed by atoms with Gasteiger partial charge in [0.15, 0.2) is 5.65 Å². The number of hydrogen-bond acceptors (Lipinski definition) is 5. The van der Waals surface area contributed by atoms with Crippen LogP contribution in [-0.2, 0) is 11.2 Å². The van der Waals surface area contributed by atoms with Gasteiger partial charge >= 0.3 is 0 Å². The van der Waals surface area contributed by atoms with Crippen molar-refractivity contribution in [1.29, 1.82) is 0 Å². The molecule has 0 saturated carbocycles. The van der Waals surface area contributed by atoms with Gasteiger partial charge in [-0.05, 0) is 62.2 Å². The summed E-state index contributed by atoms with van der Waals surface area (Å²) in [6.45, 7) is 3.98. The molecule has 0 saturated heterocycles. The number of aryl methyl sites for hydroxylation is 2. The van der Waals surface area contributed by atoms with E-state index in [2.05, 4.69) is 5.32 Å². The van der Waals surface area contributed by atoms with Crippen molar-refractivity contribution >= 4 is 17.2 Å². The topological polar surface area (TPSA) is 77.8 Å². The van der Waals surface area contributed by atoms with Gasteiger partial charge in [0, 0.05) is 35.1 Å². The SMILES string of the molecule is COc1ccc(NC(=O)CCc2c(C)nc3cc(-c4ccccc4OC)nn3c2C)cc1. The molecule has 7 heteroatoms. The maximum Gasteiger partial charge on any atom is 0.224 e. The Kier molecular flexibility index (Phi) is 6.07. The van der Waals surface area contributed by atoms with Crippen LogP contribution in [0.1, 0.15) is 23.4 Å². The summed E-state index contributed by atoms with van der Waals surface area (Å²) in [5, 5.41) is 7.69. The first-order valence-electron chi connectivity index (χ1n) is 10.4. The molecular weight excluding hydrogens is 404 g/mol. The summed E-state index contributed by atoms with van der Waals surface area (Å²) >= 11 is 0. The fraction of sp³-hybridized carbons (Fsp3) is 0.240. The van der Waals surface area contributed by atoms with Gasteiger partial charge in [-0.3, -0.25) is 4.79 Å². The fourth-order valence-corrected chi connectivity index (χ4v) is 3.81. The number of hydrogen-bond donors (Lipinski definition) is 1. The average Bonchev–Trinajstić information content (AvgIpc) is 3.23. The second kappa shape index (κ2) is 9.09. The van der Waals surface area contributed by atoms with Crippen molar-refractivity contribution < 1.29 is 14.3 Å². The molecule has 0 atom stereocenters. The molecule has 0 unspecified atom stereocenters. The normalized spacial score (nSPS) is 10.9. The van der Waals surface area contributed by atoms with E-state index in [4.69, 9.17) is 19.6 Å². The Labute approximate surface area is 187 Å². The molecule has 0 aliphatic carbocycles. The zero-order chi connectivity index (χ0) is 22.7. The molecule has 1 N–H and O–H groups in total. The number of anilines is 1. The molecule has 32 heavy (non-hydrogen) atoms. The van der Waals surface area contributed by atoms with Gasteiger partial charge < -0.3 is 14.8 Å². The van der Waals surface area contributed by atoms with Crippen LogP contribution < -0.4 is 14.8 Å². The lowest BCUT2D eigenvalue weighted by atomic mass is 10.1. The smallest absolute Gasteiger partial charge is 0.224 e. The van der Waals surface area contributed by atoms with Crippen molar-refractivity contribution in [1.82, 2.24) is 14.6 Å². The minimum atomic E-state index is -0.0516. The molecule has 0 spiro atoms. The first-order chi connectivity index (χ1) is 15.5. The number of methoxy groups -OCH3 is 2. The highest BCUT2D eigenvalue weighted by Gasteiger charge is 2.16. The van der Waals surface area contributed by atoms with Gasteiger partial charge in [0.05, 0.1) is 19.9 Å². The van der Waals surface area contributed by atoms with Crippen molar-refractivity contribution in [3.8, 4) is 22.8 Å². The lowest BCUT2D eigenvalue weighted by Gasteiger charge is -2.11. The summed E-state index contributed by atoms with van der Waals surface area (Å²) in [5.74, 6) is 1.46. The lowest BCUT2D eigenvalue weighted by molar-refractivity contribution is -0.116. The van der Waals surface area contributed by atoms with E-state index in [1.807, 2.05) is 73.0 Å². The van der Waals surface area contributed by atoms with E-state index in [0.29, 0.717) is 12.8 Å². The average molecular weight is 431 g/mol. The predicted octanol–water partition coefficient (Wildman–Crippen LogP) is 4.60. The summed E-state index contributed by atoms with van der Waals surface area (Å²) < 4.78 is 12.5. The van der Waals surface area contributed by atoms with Gasteiger partial charge in [-0.2, -0.15) is 5.10 Å². The van der Waals surface area contributed by atoms with Crippen LogP contribution in [0.3, 0.4) is 0 Å². The van der Waals surface area contributed by atoms with Gasteiger partial charge in [0.1, 0.15) is 11.5 Å². The highest BCUT2D eigenvalue weighted by Crippen LogP contribution is 2.30. The molecule has 4 rings (SSSR count). The maximum atomic E-state index is 12.5. The first-order valence-corrected chi connectivity index (χ1v) is 10.4. The third kappa shape index (κ3) is 4.27. The van der Waals surface area contributed by atoms with E-state index >= 15 is 0 Å². The Morgan fingerprint density at radius 1 is 1.03 bits per heavy atom. The molecule has 2 aromatic carbocycles. The summed E-state index contributed by atoms with van der Waals surface area (Å²) in [6.07, 6.45) is 0.925. The quantitative estimate of drug-likeness (QED) is 0.464. The summed E-state index contributed by atoms with van der Waals surface area (Å²) in [6, 6.07) is 17.0. The Balaban J connectivity index is 1.54.